The maximum atomic E-state index is 5.07. The van der Waals surface area contributed by atoms with Crippen LogP contribution in [0.25, 0.3) is 0 Å². The summed E-state index contributed by atoms with van der Waals surface area (Å²) in [5.41, 5.74) is 0.402. The van der Waals surface area contributed by atoms with Crippen molar-refractivity contribution in [2.45, 2.75) is 40.5 Å². The molecular weight excluding hydrogens is 162 g/mol. The molecule has 13 heavy (non-hydrogen) atoms. The highest BCUT2D eigenvalue weighted by molar-refractivity contribution is 4.94. The second kappa shape index (κ2) is 3.95. The maximum Gasteiger partial charge on any atom is 0.136 e. The summed E-state index contributed by atoms with van der Waals surface area (Å²) >= 11 is 0. The van der Waals surface area contributed by atoms with Crippen molar-refractivity contribution in [3.05, 3.63) is 18.0 Å². The Bertz CT molecular complexity index is 233. The quantitative estimate of drug-likeness (QED) is 0.715. The molecule has 0 aliphatic carbocycles. The zero-order valence-electron chi connectivity index (χ0n) is 9.00. The van der Waals surface area contributed by atoms with Gasteiger partial charge < -0.3 is 4.52 Å². The molecule has 1 heterocycles. The normalized spacial score (nSPS) is 14.5. The van der Waals surface area contributed by atoms with Gasteiger partial charge in [0.05, 0.1) is 6.20 Å². The standard InChI is InChI=1S/C11H19NO/c1-9(8-11(2,3)4)7-10-5-6-12-13-10/h5-6,9H,7-8H2,1-4H3. The Morgan fingerprint density at radius 2 is 2.15 bits per heavy atom. The van der Waals surface area contributed by atoms with E-state index in [1.54, 1.807) is 6.20 Å². The molecule has 2 heteroatoms. The van der Waals surface area contributed by atoms with Gasteiger partial charge in [0, 0.05) is 12.5 Å². The summed E-state index contributed by atoms with van der Waals surface area (Å²) in [4.78, 5) is 0. The van der Waals surface area contributed by atoms with E-state index in [1.165, 1.54) is 6.42 Å². The van der Waals surface area contributed by atoms with Crippen molar-refractivity contribution >= 4 is 0 Å². The summed E-state index contributed by atoms with van der Waals surface area (Å²) in [6.07, 6.45) is 3.92. The summed E-state index contributed by atoms with van der Waals surface area (Å²) in [6, 6.07) is 1.94. The molecule has 0 spiro atoms. The molecule has 1 aromatic rings. The topological polar surface area (TPSA) is 26.0 Å². The van der Waals surface area contributed by atoms with Gasteiger partial charge in [-0.1, -0.05) is 32.9 Å². The lowest BCUT2D eigenvalue weighted by atomic mass is 9.84. The van der Waals surface area contributed by atoms with Gasteiger partial charge in [-0.25, -0.2) is 0 Å². The van der Waals surface area contributed by atoms with Crippen molar-refractivity contribution in [1.29, 1.82) is 0 Å². The predicted octanol–water partition coefficient (Wildman–Crippen LogP) is 3.29. The molecule has 0 saturated heterocycles. The van der Waals surface area contributed by atoms with Crippen molar-refractivity contribution in [2.24, 2.45) is 11.3 Å². The van der Waals surface area contributed by atoms with Crippen LogP contribution < -0.4 is 0 Å². The van der Waals surface area contributed by atoms with Crippen molar-refractivity contribution in [1.82, 2.24) is 5.16 Å². The first kappa shape index (κ1) is 10.3. The SMILES string of the molecule is CC(Cc1ccno1)CC(C)(C)C. The highest BCUT2D eigenvalue weighted by Gasteiger charge is 2.16. The van der Waals surface area contributed by atoms with Gasteiger partial charge in [0.15, 0.2) is 0 Å². The van der Waals surface area contributed by atoms with Crippen LogP contribution in [0, 0.1) is 11.3 Å². The largest absolute Gasteiger partial charge is 0.361 e. The van der Waals surface area contributed by atoms with Gasteiger partial charge in [-0.05, 0) is 17.8 Å². The average molecular weight is 181 g/mol. The smallest absolute Gasteiger partial charge is 0.136 e. The Morgan fingerprint density at radius 3 is 2.62 bits per heavy atom. The molecule has 0 bridgehead atoms. The second-order valence-electron chi connectivity index (χ2n) is 5.05. The molecule has 0 saturated carbocycles. The van der Waals surface area contributed by atoms with Gasteiger partial charge in [0.1, 0.15) is 5.76 Å². The molecule has 1 rings (SSSR count). The van der Waals surface area contributed by atoms with Gasteiger partial charge in [-0.2, -0.15) is 0 Å². The number of aromatic nitrogens is 1. The fourth-order valence-electron chi connectivity index (χ4n) is 1.81. The molecular formula is C11H19NO. The molecule has 0 aliphatic rings. The zero-order chi connectivity index (χ0) is 9.90. The molecule has 74 valence electrons. The van der Waals surface area contributed by atoms with Gasteiger partial charge >= 0.3 is 0 Å². The van der Waals surface area contributed by atoms with E-state index in [0.717, 1.165) is 12.2 Å². The lowest BCUT2D eigenvalue weighted by Gasteiger charge is -2.22. The van der Waals surface area contributed by atoms with Crippen molar-refractivity contribution in [2.75, 3.05) is 0 Å². The van der Waals surface area contributed by atoms with E-state index in [2.05, 4.69) is 32.9 Å². The first-order valence-corrected chi connectivity index (χ1v) is 4.87. The Hall–Kier alpha value is -0.790. The van der Waals surface area contributed by atoms with Crippen LogP contribution in [-0.4, -0.2) is 5.16 Å². The Labute approximate surface area is 80.3 Å². The van der Waals surface area contributed by atoms with E-state index in [-0.39, 0.29) is 0 Å². The maximum absolute atomic E-state index is 5.07. The number of rotatable bonds is 3. The van der Waals surface area contributed by atoms with E-state index in [1.807, 2.05) is 6.07 Å². The highest BCUT2D eigenvalue weighted by atomic mass is 16.5. The number of hydrogen-bond acceptors (Lipinski definition) is 2. The Kier molecular flexibility index (Phi) is 3.12. The summed E-state index contributed by atoms with van der Waals surface area (Å²) < 4.78 is 5.07. The molecule has 1 atom stereocenters. The third kappa shape index (κ3) is 4.11. The van der Waals surface area contributed by atoms with E-state index < -0.39 is 0 Å². The van der Waals surface area contributed by atoms with Crippen LogP contribution in [0.2, 0.25) is 0 Å². The van der Waals surface area contributed by atoms with Gasteiger partial charge in [0.25, 0.3) is 0 Å². The van der Waals surface area contributed by atoms with Crippen LogP contribution in [0.4, 0.5) is 0 Å². The Balaban J connectivity index is 2.38. The van der Waals surface area contributed by atoms with E-state index >= 15 is 0 Å². The van der Waals surface area contributed by atoms with Crippen LogP contribution >= 0.6 is 0 Å². The minimum atomic E-state index is 0.402. The van der Waals surface area contributed by atoms with Crippen molar-refractivity contribution < 1.29 is 4.52 Å². The molecule has 1 unspecified atom stereocenters. The fourth-order valence-corrected chi connectivity index (χ4v) is 1.81. The predicted molar refractivity (Wildman–Crippen MR) is 53.4 cm³/mol. The number of hydrogen-bond donors (Lipinski definition) is 0. The van der Waals surface area contributed by atoms with Crippen LogP contribution in [0.1, 0.15) is 39.9 Å². The monoisotopic (exact) mass is 181 g/mol. The summed E-state index contributed by atoms with van der Waals surface area (Å²) in [7, 11) is 0. The summed E-state index contributed by atoms with van der Waals surface area (Å²) in [5, 5.41) is 3.70. The molecule has 0 N–H and O–H groups in total. The van der Waals surface area contributed by atoms with E-state index in [4.69, 9.17) is 4.52 Å². The molecule has 0 fully saturated rings. The molecule has 2 nitrogen and oxygen atoms in total. The van der Waals surface area contributed by atoms with Gasteiger partial charge in [-0.15, -0.1) is 0 Å². The van der Waals surface area contributed by atoms with Crippen LogP contribution in [0.15, 0.2) is 16.8 Å². The van der Waals surface area contributed by atoms with Crippen LogP contribution in [-0.2, 0) is 6.42 Å². The van der Waals surface area contributed by atoms with Gasteiger partial charge in [0.2, 0.25) is 0 Å². The highest BCUT2D eigenvalue weighted by Crippen LogP contribution is 2.26. The third-order valence-corrected chi connectivity index (χ3v) is 2.00. The Morgan fingerprint density at radius 1 is 1.46 bits per heavy atom. The second-order valence-corrected chi connectivity index (χ2v) is 5.05. The fraction of sp³-hybridized carbons (Fsp3) is 0.727. The first-order chi connectivity index (χ1) is 5.97. The van der Waals surface area contributed by atoms with E-state index in [0.29, 0.717) is 11.3 Å². The van der Waals surface area contributed by atoms with E-state index in [9.17, 15) is 0 Å². The van der Waals surface area contributed by atoms with Crippen LogP contribution in [0.5, 0.6) is 0 Å². The summed E-state index contributed by atoms with van der Waals surface area (Å²) in [6.45, 7) is 9.06. The lowest BCUT2D eigenvalue weighted by molar-refractivity contribution is 0.286. The first-order valence-electron chi connectivity index (χ1n) is 4.87. The third-order valence-electron chi connectivity index (χ3n) is 2.00. The molecule has 0 amide bonds. The minimum Gasteiger partial charge on any atom is -0.361 e. The molecule has 0 aliphatic heterocycles. The number of nitrogens with zero attached hydrogens (tertiary/aromatic N) is 1. The molecule has 0 radical (unpaired) electrons. The lowest BCUT2D eigenvalue weighted by Crippen LogP contribution is -2.12. The molecule has 1 aromatic heterocycles. The van der Waals surface area contributed by atoms with Gasteiger partial charge in [-0.3, -0.25) is 0 Å². The minimum absolute atomic E-state index is 0.402. The average Bonchev–Trinajstić information content (AvgIpc) is 2.34. The summed E-state index contributed by atoms with van der Waals surface area (Å²) in [5.74, 6) is 1.66. The zero-order valence-corrected chi connectivity index (χ0v) is 9.00. The van der Waals surface area contributed by atoms with Crippen molar-refractivity contribution in [3.8, 4) is 0 Å². The molecule has 0 aromatic carbocycles. The van der Waals surface area contributed by atoms with Crippen molar-refractivity contribution in [3.63, 3.8) is 0 Å². The van der Waals surface area contributed by atoms with Crippen LogP contribution in [0.3, 0.4) is 0 Å².